The van der Waals surface area contributed by atoms with Crippen LogP contribution in [0.5, 0.6) is 0 Å². The highest BCUT2D eigenvalue weighted by Gasteiger charge is 2.59. The molecule has 0 spiro atoms. The summed E-state index contributed by atoms with van der Waals surface area (Å²) in [6, 6.07) is -0.462. The summed E-state index contributed by atoms with van der Waals surface area (Å²) in [6.45, 7) is 3.05. The van der Waals surface area contributed by atoms with E-state index in [-0.39, 0.29) is 96.4 Å². The zero-order valence-corrected chi connectivity index (χ0v) is 37.9. The summed E-state index contributed by atoms with van der Waals surface area (Å²) in [5, 5.41) is 15.4. The molecule has 348 valence electrons. The fourth-order valence-electron chi connectivity index (χ4n) is 12.3. The highest BCUT2D eigenvalue weighted by molar-refractivity contribution is 8.00. The minimum Gasteiger partial charge on any atom is -0.378 e. The van der Waals surface area contributed by atoms with Crippen LogP contribution in [0.3, 0.4) is 0 Å². The summed E-state index contributed by atoms with van der Waals surface area (Å²) in [5.74, 6) is -0.528. The minimum absolute atomic E-state index is 0.105. The molecule has 18 nitrogen and oxygen atoms in total. The lowest BCUT2D eigenvalue weighted by Gasteiger charge is -2.46. The van der Waals surface area contributed by atoms with Crippen LogP contribution in [0.15, 0.2) is 0 Å². The number of hydrogen-bond acceptors (Lipinski definition) is 13. The van der Waals surface area contributed by atoms with Crippen LogP contribution in [0.1, 0.15) is 89.9 Å². The molecular formula is C43H64N8O10S2. The average molecular weight is 917 g/mol. The van der Waals surface area contributed by atoms with Crippen LogP contribution in [0, 0.1) is 46.8 Å². The van der Waals surface area contributed by atoms with E-state index in [9.17, 15) is 42.0 Å². The van der Waals surface area contributed by atoms with Crippen LogP contribution in [0.25, 0.3) is 0 Å². The fourth-order valence-corrected chi connectivity index (χ4v) is 14.4. The molecule has 5 N–H and O–H groups in total. The summed E-state index contributed by atoms with van der Waals surface area (Å²) < 4.78 is 31.2. The van der Waals surface area contributed by atoms with Crippen molar-refractivity contribution in [3.05, 3.63) is 0 Å². The van der Waals surface area contributed by atoms with Crippen LogP contribution < -0.4 is 26.6 Å². The van der Waals surface area contributed by atoms with Gasteiger partial charge in [-0.2, -0.15) is 0 Å². The first kappa shape index (κ1) is 45.0. The van der Waals surface area contributed by atoms with Gasteiger partial charge in [0.15, 0.2) is 0 Å². The van der Waals surface area contributed by atoms with Gasteiger partial charge in [0.1, 0.15) is 11.5 Å². The first-order chi connectivity index (χ1) is 30.2. The molecule has 3 aliphatic carbocycles. The van der Waals surface area contributed by atoms with Crippen molar-refractivity contribution < 1.29 is 46.7 Å². The van der Waals surface area contributed by atoms with Gasteiger partial charge in [0, 0.05) is 56.4 Å². The minimum atomic E-state index is -3.35. The van der Waals surface area contributed by atoms with E-state index in [0.29, 0.717) is 69.7 Å². The zero-order chi connectivity index (χ0) is 44.2. The van der Waals surface area contributed by atoms with Gasteiger partial charge in [-0.3, -0.25) is 49.1 Å². The summed E-state index contributed by atoms with van der Waals surface area (Å²) in [6.07, 6.45) is 11.9. The molecule has 0 aromatic carbocycles. The predicted octanol–water partition coefficient (Wildman–Crippen LogP) is -0.122. The van der Waals surface area contributed by atoms with Crippen molar-refractivity contribution in [2.45, 2.75) is 120 Å². The van der Waals surface area contributed by atoms with Gasteiger partial charge >= 0.3 is 0 Å². The summed E-state index contributed by atoms with van der Waals surface area (Å²) in [5.41, 5.74) is -0.559. The number of imide groups is 2. The van der Waals surface area contributed by atoms with E-state index in [1.165, 1.54) is 17.1 Å². The second-order valence-electron chi connectivity index (χ2n) is 20.1. The number of hydrogen-bond donors (Lipinski definition) is 5. The molecule has 9 rings (SSSR count). The number of amides is 7. The van der Waals surface area contributed by atoms with E-state index >= 15 is 0 Å². The van der Waals surface area contributed by atoms with Gasteiger partial charge in [-0.15, -0.1) is 11.8 Å². The normalized spacial score (nSPS) is 37.3. The maximum Gasteiger partial charge on any atom is 0.249 e. The Balaban J connectivity index is 0.687. The van der Waals surface area contributed by atoms with E-state index < -0.39 is 39.7 Å². The molecular weight excluding hydrogens is 853 g/mol. The molecule has 9 fully saturated rings. The molecule has 9 aliphatic rings. The Morgan fingerprint density at radius 3 is 2.40 bits per heavy atom. The Morgan fingerprint density at radius 1 is 0.889 bits per heavy atom. The molecule has 0 radical (unpaired) electrons. The van der Waals surface area contributed by atoms with Gasteiger partial charge in [0.2, 0.25) is 51.4 Å². The molecule has 0 aromatic heterocycles. The number of sulfonamides is 1. The molecule has 63 heavy (non-hydrogen) atoms. The number of carbonyl (C=O) groups excluding carboxylic acids is 7. The molecule has 20 heteroatoms. The third-order valence-corrected chi connectivity index (χ3v) is 18.5. The van der Waals surface area contributed by atoms with E-state index in [4.69, 9.17) is 4.74 Å². The second kappa shape index (κ2) is 18.2. The van der Waals surface area contributed by atoms with E-state index in [0.717, 1.165) is 62.0 Å². The number of carbonyl (C=O) groups is 7. The Kier molecular flexibility index (Phi) is 13.0. The number of rotatable bonds is 13. The second-order valence-corrected chi connectivity index (χ2v) is 23.2. The monoisotopic (exact) mass is 916 g/mol. The number of piperidine rings is 2. The Labute approximate surface area is 373 Å². The molecule has 11 atom stereocenters. The molecule has 0 aromatic rings. The molecule has 6 heterocycles. The van der Waals surface area contributed by atoms with Crippen LogP contribution in [0.4, 0.5) is 0 Å². The number of nitrogens with zero attached hydrogens (tertiary/aromatic N) is 3. The molecule has 3 saturated carbocycles. The van der Waals surface area contributed by atoms with Crippen molar-refractivity contribution in [2.24, 2.45) is 46.8 Å². The van der Waals surface area contributed by atoms with E-state index in [1.54, 1.807) is 11.8 Å². The average Bonchev–Trinajstić information content (AvgIpc) is 3.53. The fraction of sp³-hybridized carbons (Fsp3) is 0.837. The van der Waals surface area contributed by atoms with Gasteiger partial charge in [-0.05, 0) is 94.9 Å². The SMILES string of the molecule is CS(=O)(=O)N1CCC(C(=O)NCC(=O)NC2NC(C3CCCC(C4CCNC(C5(C(=O)N6CC(COC7CCC8C(=O)N(C9CCC(=O)NC9=O)C(=O)C8C7)C6)CC5)C4)C3)CS2)C1. The van der Waals surface area contributed by atoms with Gasteiger partial charge in [-0.25, -0.2) is 12.7 Å². The van der Waals surface area contributed by atoms with Crippen molar-refractivity contribution in [1.29, 1.82) is 0 Å². The lowest BCUT2D eigenvalue weighted by atomic mass is 9.68. The Morgan fingerprint density at radius 2 is 1.65 bits per heavy atom. The van der Waals surface area contributed by atoms with Crippen LogP contribution in [-0.4, -0.2) is 151 Å². The van der Waals surface area contributed by atoms with Crippen LogP contribution >= 0.6 is 11.8 Å². The standard InChI is InChI=1S/C43H64N8O10S2/c1-63(59,60)50-14-10-28(21-50)37(54)45-18-36(53)48-42-46-32(23-62-42)27-4-2-3-25(15-27)26-9-13-44-34(16-26)43(11-12-43)41(58)49-19-24(20-49)22-61-29-5-6-30-31(17-29)40(57)51(39(30)56)33-7-8-35(52)47-38(33)55/h24-34,42,44,46H,2-23H2,1H3,(H,45,54)(H,48,53)(H,47,52,55). The lowest BCUT2D eigenvalue weighted by molar-refractivity contribution is -0.151. The summed E-state index contributed by atoms with van der Waals surface area (Å²) >= 11 is 1.68. The number of ether oxygens (including phenoxy) is 1. The highest BCUT2D eigenvalue weighted by atomic mass is 32.2. The largest absolute Gasteiger partial charge is 0.378 e. The number of thioether (sulfide) groups is 1. The van der Waals surface area contributed by atoms with Crippen molar-refractivity contribution in [3.8, 4) is 0 Å². The van der Waals surface area contributed by atoms with Crippen LogP contribution in [0.2, 0.25) is 0 Å². The van der Waals surface area contributed by atoms with E-state index in [2.05, 4.69) is 26.6 Å². The van der Waals surface area contributed by atoms with Gasteiger partial charge < -0.3 is 25.6 Å². The van der Waals surface area contributed by atoms with Gasteiger partial charge in [0.25, 0.3) is 0 Å². The lowest BCUT2D eigenvalue weighted by Crippen LogP contribution is -2.58. The summed E-state index contributed by atoms with van der Waals surface area (Å²) in [7, 11) is -3.35. The topological polar surface area (TPSA) is 233 Å². The van der Waals surface area contributed by atoms with Gasteiger partial charge in [0.05, 0.1) is 48.7 Å². The maximum atomic E-state index is 14.1. The number of likely N-dealkylation sites (tertiary alicyclic amines) is 2. The molecule has 0 bridgehead atoms. The van der Waals surface area contributed by atoms with Crippen LogP contribution in [-0.2, 0) is 48.3 Å². The smallest absolute Gasteiger partial charge is 0.249 e. The zero-order valence-electron chi connectivity index (χ0n) is 36.2. The molecule has 11 unspecified atom stereocenters. The van der Waals surface area contributed by atoms with Crippen molar-refractivity contribution >= 4 is 63.1 Å². The van der Waals surface area contributed by atoms with Gasteiger partial charge in [-0.1, -0.05) is 12.8 Å². The quantitative estimate of drug-likeness (QED) is 0.152. The Bertz CT molecular complexity index is 1960. The van der Waals surface area contributed by atoms with Crippen molar-refractivity contribution in [2.75, 3.05) is 57.9 Å². The molecule has 6 aliphatic heterocycles. The number of nitrogens with one attached hydrogen (secondary N) is 5. The molecule has 6 saturated heterocycles. The maximum absolute atomic E-state index is 14.1. The van der Waals surface area contributed by atoms with Crippen molar-refractivity contribution in [1.82, 2.24) is 40.7 Å². The summed E-state index contributed by atoms with van der Waals surface area (Å²) in [4.78, 5) is 93.3. The Hall–Kier alpha value is -3.17. The first-order valence-corrected chi connectivity index (χ1v) is 26.3. The highest BCUT2D eigenvalue weighted by Crippen LogP contribution is 2.54. The first-order valence-electron chi connectivity index (χ1n) is 23.4. The number of fused-ring (bicyclic) bond motifs is 1. The third-order valence-electron chi connectivity index (χ3n) is 16.1. The predicted molar refractivity (Wildman–Crippen MR) is 229 cm³/mol. The van der Waals surface area contributed by atoms with E-state index in [1.807, 2.05) is 4.90 Å². The molecule has 7 amide bonds. The van der Waals surface area contributed by atoms with Crippen molar-refractivity contribution in [3.63, 3.8) is 0 Å². The third kappa shape index (κ3) is 9.45.